The molecule has 2 aliphatic rings. The molecule has 0 saturated carbocycles. The molecule has 2 heterocycles. The zero-order chi connectivity index (χ0) is 3.28. The van der Waals surface area contributed by atoms with Crippen molar-refractivity contribution in [3.63, 3.8) is 0 Å². The molecule has 0 amide bonds. The van der Waals surface area contributed by atoms with Gasteiger partial charge in [0, 0.05) is 0 Å². The Morgan fingerprint density at radius 3 is 2.40 bits per heavy atom. The average Bonchev–Trinajstić information content (AvgIpc) is 1.74. The van der Waals surface area contributed by atoms with E-state index in [1.807, 2.05) is 0 Å². The standard InChI is InChI=1S/C2N2O/c3-1-2(3)5-4-1. The van der Waals surface area contributed by atoms with Gasteiger partial charge in [-0.3, -0.25) is 0 Å². The topological polar surface area (TPSA) is 38.9 Å². The molecule has 3 heteroatoms. The zero-order valence-corrected chi connectivity index (χ0v) is 2.30. The SMILES string of the molecule is n1oc2nc1-2. The summed E-state index contributed by atoms with van der Waals surface area (Å²) in [7, 11) is 0. The minimum atomic E-state index is 0.727. The highest BCUT2D eigenvalue weighted by atomic mass is 16.5. The molecule has 0 aromatic heterocycles. The minimum absolute atomic E-state index is 0.727. The van der Waals surface area contributed by atoms with Crippen LogP contribution in [-0.4, -0.2) is 10.1 Å². The van der Waals surface area contributed by atoms with Gasteiger partial charge in [0.2, 0.25) is 0 Å². The van der Waals surface area contributed by atoms with E-state index >= 15 is 0 Å². The number of aromatic nitrogens is 2. The van der Waals surface area contributed by atoms with E-state index in [1.165, 1.54) is 0 Å². The summed E-state index contributed by atoms with van der Waals surface area (Å²) in [6, 6.07) is 0. The molecule has 0 atom stereocenters. The predicted molar refractivity (Wildman–Crippen MR) is 13.3 cm³/mol. The van der Waals surface area contributed by atoms with E-state index in [4.69, 9.17) is 0 Å². The summed E-state index contributed by atoms with van der Waals surface area (Å²) >= 11 is 0. The van der Waals surface area contributed by atoms with Crippen LogP contribution in [0.5, 0.6) is 0 Å². The molecule has 5 heavy (non-hydrogen) atoms. The third-order valence-electron chi connectivity index (χ3n) is 0.567. The second-order valence-corrected chi connectivity index (χ2v) is 0.923. The van der Waals surface area contributed by atoms with E-state index in [2.05, 4.69) is 14.7 Å². The maximum absolute atomic E-state index is 4.34. The Balaban J connectivity index is 3.13. The molecule has 0 aliphatic carbocycles. The molecule has 24 valence electrons. The van der Waals surface area contributed by atoms with Crippen LogP contribution in [0.4, 0.5) is 0 Å². The van der Waals surface area contributed by atoms with Crippen LogP contribution in [0.1, 0.15) is 0 Å². The first-order valence-corrected chi connectivity index (χ1v) is 1.31. The van der Waals surface area contributed by atoms with Gasteiger partial charge in [0.15, 0.2) is 0 Å². The van der Waals surface area contributed by atoms with Crippen molar-refractivity contribution in [3.8, 4) is 11.7 Å². The number of fused-ring (bicyclic) bond motifs is 1. The highest BCUT2D eigenvalue weighted by Crippen LogP contribution is 2.24. The molecule has 3 nitrogen and oxygen atoms in total. The first kappa shape index (κ1) is 1.55. The minimum Gasteiger partial charge on any atom is -0.330 e. The van der Waals surface area contributed by atoms with Crippen LogP contribution >= 0.6 is 0 Å². The Kier molecular flexibility index (Phi) is 0.0671. The van der Waals surface area contributed by atoms with Gasteiger partial charge in [-0.2, -0.15) is 4.98 Å². The van der Waals surface area contributed by atoms with Gasteiger partial charge in [-0.25, -0.2) is 0 Å². The molecule has 0 fully saturated rings. The van der Waals surface area contributed by atoms with Crippen LogP contribution in [0.2, 0.25) is 0 Å². The van der Waals surface area contributed by atoms with Crippen LogP contribution in [0.25, 0.3) is 11.7 Å². The lowest BCUT2D eigenvalue weighted by atomic mass is 10.8. The monoisotopic (exact) mass is 68.0 g/mol. The van der Waals surface area contributed by atoms with Crippen molar-refractivity contribution < 1.29 is 4.52 Å². The van der Waals surface area contributed by atoms with Crippen molar-refractivity contribution in [1.82, 2.24) is 10.1 Å². The van der Waals surface area contributed by atoms with Gasteiger partial charge < -0.3 is 4.52 Å². The Morgan fingerprint density at radius 2 is 2.40 bits per heavy atom. The van der Waals surface area contributed by atoms with E-state index in [-0.39, 0.29) is 0 Å². The van der Waals surface area contributed by atoms with E-state index in [1.54, 1.807) is 0 Å². The number of hydrogen-bond donors (Lipinski definition) is 0. The van der Waals surface area contributed by atoms with Gasteiger partial charge in [0.1, 0.15) is 0 Å². The van der Waals surface area contributed by atoms with Crippen molar-refractivity contribution >= 4 is 0 Å². The fraction of sp³-hybridized carbons (Fsp3) is 0. The Labute approximate surface area is 27.6 Å². The summed E-state index contributed by atoms with van der Waals surface area (Å²) in [5.41, 5.74) is 0. The fourth-order valence-electron chi connectivity index (χ4n) is 0.236. The smallest absolute Gasteiger partial charge is 0.299 e. The number of rotatable bonds is 0. The largest absolute Gasteiger partial charge is 0.330 e. The molecular formula is C2N2O. The van der Waals surface area contributed by atoms with Crippen LogP contribution in [0.15, 0.2) is 4.52 Å². The molecule has 2 aliphatic heterocycles. The lowest BCUT2D eigenvalue weighted by Gasteiger charge is -1.70. The molecule has 0 spiro atoms. The Bertz CT molecular complexity index is 132. The molecule has 0 N–H and O–H groups in total. The fourth-order valence-corrected chi connectivity index (χ4v) is 0.236. The zero-order valence-electron chi connectivity index (χ0n) is 2.30. The van der Waals surface area contributed by atoms with Gasteiger partial charge in [-0.1, -0.05) is 5.16 Å². The quantitative estimate of drug-likeness (QED) is 0.438. The van der Waals surface area contributed by atoms with Gasteiger partial charge in [0.05, 0.1) is 0 Å². The number of nitrogens with zero attached hydrogens (tertiary/aromatic N) is 2. The van der Waals surface area contributed by atoms with Crippen molar-refractivity contribution in [3.05, 3.63) is 0 Å². The second kappa shape index (κ2) is 0.217. The number of hydrogen-bond acceptors (Lipinski definition) is 3. The first-order chi connectivity index (χ1) is 2.47. The third-order valence-corrected chi connectivity index (χ3v) is 0.567. The molecule has 0 unspecified atom stereocenters. The maximum atomic E-state index is 4.34. The summed E-state index contributed by atoms with van der Waals surface area (Å²) in [4.78, 5) is 3.61. The molecule has 0 bridgehead atoms. The van der Waals surface area contributed by atoms with Crippen molar-refractivity contribution in [1.29, 1.82) is 0 Å². The summed E-state index contributed by atoms with van der Waals surface area (Å²) in [6.45, 7) is 0. The molecule has 0 aromatic rings. The summed E-state index contributed by atoms with van der Waals surface area (Å²) in [6.07, 6.45) is 0. The van der Waals surface area contributed by atoms with Gasteiger partial charge in [-0.15, -0.1) is 0 Å². The van der Waals surface area contributed by atoms with Gasteiger partial charge in [0.25, 0.3) is 11.7 Å². The second-order valence-electron chi connectivity index (χ2n) is 0.923. The van der Waals surface area contributed by atoms with E-state index < -0.39 is 0 Å². The highest BCUT2D eigenvalue weighted by molar-refractivity contribution is 5.53. The molecule has 0 aromatic carbocycles. The van der Waals surface area contributed by atoms with Crippen LogP contribution in [0, 0.1) is 0 Å². The van der Waals surface area contributed by atoms with Gasteiger partial charge in [-0.05, 0) is 0 Å². The normalized spacial score (nSPS) is 12.0. The summed E-state index contributed by atoms with van der Waals surface area (Å²) in [5, 5.41) is 3.36. The molecule has 2 rings (SSSR count). The lowest BCUT2D eigenvalue weighted by Crippen LogP contribution is -1.65. The van der Waals surface area contributed by atoms with Gasteiger partial charge >= 0.3 is 0 Å². The van der Waals surface area contributed by atoms with Crippen molar-refractivity contribution in [2.45, 2.75) is 0 Å². The van der Waals surface area contributed by atoms with E-state index in [0.29, 0.717) is 0 Å². The maximum Gasteiger partial charge on any atom is 0.299 e. The average molecular weight is 68.0 g/mol. The van der Waals surface area contributed by atoms with Crippen LogP contribution in [-0.2, 0) is 0 Å². The third kappa shape index (κ3) is 0.0397. The van der Waals surface area contributed by atoms with Crippen LogP contribution in [0.3, 0.4) is 0 Å². The lowest BCUT2D eigenvalue weighted by molar-refractivity contribution is 0.393. The van der Waals surface area contributed by atoms with E-state index in [0.717, 1.165) is 11.7 Å². The first-order valence-electron chi connectivity index (χ1n) is 1.31. The van der Waals surface area contributed by atoms with Crippen molar-refractivity contribution in [2.75, 3.05) is 0 Å². The van der Waals surface area contributed by atoms with Crippen molar-refractivity contribution in [2.24, 2.45) is 0 Å². The van der Waals surface area contributed by atoms with E-state index in [9.17, 15) is 0 Å². The van der Waals surface area contributed by atoms with Crippen LogP contribution < -0.4 is 0 Å². The molecular weight excluding hydrogens is 68.0 g/mol. The molecule has 0 saturated heterocycles. The highest BCUT2D eigenvalue weighted by Gasteiger charge is 2.25. The molecule has 0 radical (unpaired) electrons. The summed E-state index contributed by atoms with van der Waals surface area (Å²) < 4.78 is 4.34. The Morgan fingerprint density at radius 1 is 1.60 bits per heavy atom. The predicted octanol–water partition coefficient (Wildman–Crippen LogP) is 0.0500. The summed E-state index contributed by atoms with van der Waals surface area (Å²) in [5.74, 6) is 1.52. The Hall–Kier alpha value is -0.860.